The number of likely N-dealkylation sites (tertiary alicyclic amines) is 1. The summed E-state index contributed by atoms with van der Waals surface area (Å²) < 4.78 is 3.87. The number of carbonyl (C=O) groups excluding carboxylic acids is 2. The molecule has 0 radical (unpaired) electrons. The summed E-state index contributed by atoms with van der Waals surface area (Å²) in [5.74, 6) is 0.845. The number of anilines is 2. The van der Waals surface area contributed by atoms with E-state index in [0.29, 0.717) is 31.7 Å². The Labute approximate surface area is 280 Å². The van der Waals surface area contributed by atoms with Crippen molar-refractivity contribution >= 4 is 66.3 Å². The molecule has 4 aromatic rings. The van der Waals surface area contributed by atoms with Crippen LogP contribution in [0, 0.1) is 0 Å². The Balaban J connectivity index is 1.20. The average molecular weight is 738 g/mol. The molecule has 11 heteroatoms. The number of nitrogen functional groups attached to an aromatic ring is 1. The van der Waals surface area contributed by atoms with Gasteiger partial charge in [0.05, 0.1) is 22.8 Å². The molecule has 9 nitrogen and oxygen atoms in total. The first-order valence-electron chi connectivity index (χ1n) is 15.7. The minimum atomic E-state index is -0.364. The van der Waals surface area contributed by atoms with E-state index in [1.807, 2.05) is 58.3 Å². The molecule has 0 saturated carbocycles. The second-order valence-electron chi connectivity index (χ2n) is 11.9. The number of hydrogen-bond donors (Lipinski definition) is 3. The predicted molar refractivity (Wildman–Crippen MR) is 186 cm³/mol. The van der Waals surface area contributed by atoms with Gasteiger partial charge in [-0.2, -0.15) is 0 Å². The Kier molecular flexibility index (Phi) is 9.65. The molecule has 1 aromatic heterocycles. The average Bonchev–Trinajstić information content (AvgIpc) is 3.32. The first-order chi connectivity index (χ1) is 21.8. The summed E-state index contributed by atoms with van der Waals surface area (Å²) in [6.07, 6.45) is 4.88. The number of amides is 4. The lowest BCUT2D eigenvalue weighted by molar-refractivity contribution is 0.133. The Morgan fingerprint density at radius 2 is 1.78 bits per heavy atom. The van der Waals surface area contributed by atoms with Crippen LogP contribution >= 0.6 is 31.9 Å². The summed E-state index contributed by atoms with van der Waals surface area (Å²) in [4.78, 5) is 35.9. The molecule has 4 amide bonds. The lowest BCUT2D eigenvalue weighted by atomic mass is 10.0. The number of unbranched alkanes of at least 4 members (excludes halogenated alkanes) is 1. The minimum Gasteiger partial charge on any atom is -0.397 e. The number of piperidine rings is 1. The third-order valence-electron chi connectivity index (χ3n) is 8.94. The number of aryl methyl sites for hydroxylation is 1. The third kappa shape index (κ3) is 6.84. The molecule has 2 aliphatic heterocycles. The van der Waals surface area contributed by atoms with E-state index >= 15 is 0 Å². The van der Waals surface area contributed by atoms with Crippen LogP contribution in [0.3, 0.4) is 0 Å². The van der Waals surface area contributed by atoms with Crippen molar-refractivity contribution in [2.24, 2.45) is 0 Å². The van der Waals surface area contributed by atoms with Crippen LogP contribution < -0.4 is 16.4 Å². The Morgan fingerprint density at radius 1 is 1.07 bits per heavy atom. The van der Waals surface area contributed by atoms with Gasteiger partial charge in [-0.25, -0.2) is 14.6 Å². The number of nitrogens with zero attached hydrogens (tertiary/aromatic N) is 4. The van der Waals surface area contributed by atoms with Crippen molar-refractivity contribution in [3.05, 3.63) is 86.6 Å². The second-order valence-corrected chi connectivity index (χ2v) is 13.6. The monoisotopic (exact) mass is 735 g/mol. The fourth-order valence-electron chi connectivity index (χ4n) is 6.47. The maximum absolute atomic E-state index is 13.9. The van der Waals surface area contributed by atoms with Crippen LogP contribution in [0.5, 0.6) is 0 Å². The number of para-hydroxylation sites is 3. The van der Waals surface area contributed by atoms with Gasteiger partial charge in [-0.3, -0.25) is 0 Å². The summed E-state index contributed by atoms with van der Waals surface area (Å²) in [6.45, 7) is 4.82. The van der Waals surface area contributed by atoms with Crippen LogP contribution in [0.25, 0.3) is 11.0 Å². The highest BCUT2D eigenvalue weighted by Gasteiger charge is 2.32. The van der Waals surface area contributed by atoms with Crippen LogP contribution in [0.1, 0.15) is 55.6 Å². The van der Waals surface area contributed by atoms with Crippen LogP contribution in [-0.4, -0.2) is 57.1 Å². The highest BCUT2D eigenvalue weighted by atomic mass is 79.9. The maximum Gasteiger partial charge on any atom is 0.322 e. The molecule has 4 N–H and O–H groups in total. The SMILES string of the molecule is CCCCn1c([C@@H](Cc2cc(Br)c(N)c(Br)c2)NC(=O)N2CCC(N3CCc4ccccc4NC3=O)CC2)nc2ccccc21. The van der Waals surface area contributed by atoms with Crippen molar-refractivity contribution in [1.82, 2.24) is 24.7 Å². The first-order valence-corrected chi connectivity index (χ1v) is 17.3. The Morgan fingerprint density at radius 3 is 2.53 bits per heavy atom. The van der Waals surface area contributed by atoms with E-state index in [1.165, 1.54) is 0 Å². The molecule has 0 bridgehead atoms. The van der Waals surface area contributed by atoms with Crippen molar-refractivity contribution in [2.45, 2.75) is 64.1 Å². The van der Waals surface area contributed by atoms with Gasteiger partial charge in [-0.1, -0.05) is 43.7 Å². The van der Waals surface area contributed by atoms with E-state index in [-0.39, 0.29) is 24.1 Å². The molecule has 45 heavy (non-hydrogen) atoms. The van der Waals surface area contributed by atoms with Gasteiger partial charge < -0.3 is 30.7 Å². The molecule has 6 rings (SSSR count). The number of halogens is 2. The number of nitrogens with two attached hydrogens (primary N) is 1. The van der Waals surface area contributed by atoms with Crippen LogP contribution in [-0.2, 0) is 19.4 Å². The van der Waals surface area contributed by atoms with Gasteiger partial charge in [-0.15, -0.1) is 0 Å². The van der Waals surface area contributed by atoms with Crippen molar-refractivity contribution < 1.29 is 9.59 Å². The molecule has 0 spiro atoms. The fraction of sp³-hybridized carbons (Fsp3) is 0.382. The molecule has 3 heterocycles. The molecule has 1 saturated heterocycles. The molecule has 2 aliphatic rings. The molecule has 236 valence electrons. The van der Waals surface area contributed by atoms with E-state index in [9.17, 15) is 9.59 Å². The van der Waals surface area contributed by atoms with Crippen LogP contribution in [0.4, 0.5) is 21.0 Å². The summed E-state index contributed by atoms with van der Waals surface area (Å²) in [7, 11) is 0. The third-order valence-corrected chi connectivity index (χ3v) is 10.3. The van der Waals surface area contributed by atoms with Gasteiger partial charge in [-0.05, 0) is 99.0 Å². The number of rotatable bonds is 8. The number of fused-ring (bicyclic) bond motifs is 2. The minimum absolute atomic E-state index is 0.0604. The molecule has 1 fully saturated rings. The van der Waals surface area contributed by atoms with E-state index < -0.39 is 0 Å². The lowest BCUT2D eigenvalue weighted by Crippen LogP contribution is -2.52. The largest absolute Gasteiger partial charge is 0.397 e. The number of urea groups is 2. The topological polar surface area (TPSA) is 109 Å². The predicted octanol–water partition coefficient (Wildman–Crippen LogP) is 7.49. The molecule has 0 aliphatic carbocycles. The van der Waals surface area contributed by atoms with Gasteiger partial charge in [0, 0.05) is 53.3 Å². The molecule has 1 atom stereocenters. The van der Waals surface area contributed by atoms with E-state index in [1.54, 1.807) is 0 Å². The van der Waals surface area contributed by atoms with Crippen molar-refractivity contribution in [2.75, 3.05) is 30.7 Å². The smallest absolute Gasteiger partial charge is 0.322 e. The zero-order chi connectivity index (χ0) is 31.5. The number of imidazole rings is 1. The molecular weight excluding hydrogens is 698 g/mol. The van der Waals surface area contributed by atoms with Crippen molar-refractivity contribution in [3.63, 3.8) is 0 Å². The number of benzene rings is 3. The first kappa shape index (κ1) is 31.4. The van der Waals surface area contributed by atoms with Crippen LogP contribution in [0.2, 0.25) is 0 Å². The van der Waals surface area contributed by atoms with Gasteiger partial charge in [0.2, 0.25) is 0 Å². The quantitative estimate of drug-likeness (QED) is 0.163. The number of nitrogens with one attached hydrogen (secondary N) is 2. The highest BCUT2D eigenvalue weighted by Crippen LogP contribution is 2.33. The van der Waals surface area contributed by atoms with Crippen LogP contribution in [0.15, 0.2) is 69.6 Å². The standard InChI is InChI=1S/C34H39Br2N7O2/c1-2-3-15-43-30-11-7-6-10-28(30)38-32(43)29(21-22-19-25(35)31(37)26(36)20-22)40-33(44)41-16-13-24(14-17-41)42-18-12-23-8-4-5-9-27(23)39-34(42)45/h4-11,19-20,24,29H,2-3,12-18,21,37H2,1H3,(H,39,45)(H,40,44)/t29-/m1/s1. The number of carbonyl (C=O) groups is 2. The lowest BCUT2D eigenvalue weighted by Gasteiger charge is -2.38. The highest BCUT2D eigenvalue weighted by molar-refractivity contribution is 9.11. The number of hydrogen-bond acceptors (Lipinski definition) is 4. The number of aromatic nitrogens is 2. The van der Waals surface area contributed by atoms with Gasteiger partial charge in [0.15, 0.2) is 0 Å². The van der Waals surface area contributed by atoms with Gasteiger partial charge in [0.1, 0.15) is 5.82 Å². The Bertz CT molecular complexity index is 1680. The summed E-state index contributed by atoms with van der Waals surface area (Å²) in [6, 6.07) is 19.7. The van der Waals surface area contributed by atoms with Gasteiger partial charge in [0.25, 0.3) is 0 Å². The maximum atomic E-state index is 13.9. The normalized spacial score (nSPS) is 16.3. The molecule has 3 aromatic carbocycles. The van der Waals surface area contributed by atoms with Crippen molar-refractivity contribution in [3.8, 4) is 0 Å². The van der Waals surface area contributed by atoms with E-state index in [4.69, 9.17) is 10.7 Å². The summed E-state index contributed by atoms with van der Waals surface area (Å²) in [5.41, 5.74) is 11.9. The van der Waals surface area contributed by atoms with E-state index in [0.717, 1.165) is 81.3 Å². The Hall–Kier alpha value is -3.57. The van der Waals surface area contributed by atoms with E-state index in [2.05, 4.69) is 66.1 Å². The summed E-state index contributed by atoms with van der Waals surface area (Å²) in [5, 5.41) is 6.44. The molecule has 0 unspecified atom stereocenters. The fourth-order valence-corrected chi connectivity index (χ4v) is 7.75. The zero-order valence-corrected chi connectivity index (χ0v) is 28.6. The van der Waals surface area contributed by atoms with Gasteiger partial charge >= 0.3 is 12.1 Å². The van der Waals surface area contributed by atoms with Crippen molar-refractivity contribution in [1.29, 1.82) is 0 Å². The zero-order valence-electron chi connectivity index (χ0n) is 25.4. The summed E-state index contributed by atoms with van der Waals surface area (Å²) >= 11 is 7.17. The second kappa shape index (κ2) is 13.8. The molecular formula is C34H39Br2N7O2.